The number of nitrogens with one attached hydrogen (secondary N) is 1. The number of rotatable bonds is 5. The van der Waals surface area contributed by atoms with Gasteiger partial charge in [0, 0.05) is 12.0 Å². The number of benzene rings is 2. The van der Waals surface area contributed by atoms with E-state index in [9.17, 15) is 4.79 Å². The first-order valence-electron chi connectivity index (χ1n) is 8.56. The monoisotopic (exact) mass is 340 g/mol. The van der Waals surface area contributed by atoms with Gasteiger partial charge >= 0.3 is 0 Å². The van der Waals surface area contributed by atoms with Gasteiger partial charge in [-0.25, -0.2) is 0 Å². The van der Waals surface area contributed by atoms with Gasteiger partial charge in [-0.1, -0.05) is 18.2 Å². The third-order valence-corrected chi connectivity index (χ3v) is 4.50. The van der Waals surface area contributed by atoms with Crippen molar-refractivity contribution in [2.75, 3.05) is 32.6 Å². The van der Waals surface area contributed by atoms with Gasteiger partial charge < -0.3 is 19.7 Å². The van der Waals surface area contributed by atoms with Gasteiger partial charge in [-0.15, -0.1) is 0 Å². The van der Waals surface area contributed by atoms with Crippen LogP contribution in [0, 0.1) is 5.92 Å². The average molecular weight is 340 g/mol. The van der Waals surface area contributed by atoms with Gasteiger partial charge in [0.25, 0.3) is 0 Å². The Morgan fingerprint density at radius 3 is 2.56 bits per heavy atom. The molecule has 0 aromatic heterocycles. The minimum atomic E-state index is 0.0566. The summed E-state index contributed by atoms with van der Waals surface area (Å²) < 4.78 is 11.2. The van der Waals surface area contributed by atoms with Crippen LogP contribution in [-0.2, 0) is 4.79 Å². The summed E-state index contributed by atoms with van der Waals surface area (Å²) in [5, 5.41) is 3.03. The number of piperidine rings is 1. The highest BCUT2D eigenvalue weighted by Gasteiger charge is 2.24. The van der Waals surface area contributed by atoms with Crippen molar-refractivity contribution in [3.63, 3.8) is 0 Å². The van der Waals surface area contributed by atoms with E-state index in [0.717, 1.165) is 31.7 Å². The Balaban J connectivity index is 1.71. The van der Waals surface area contributed by atoms with Crippen molar-refractivity contribution in [2.24, 2.45) is 5.92 Å². The molecular formula is C20H24N2O3. The maximum absolute atomic E-state index is 12.6. The van der Waals surface area contributed by atoms with E-state index in [2.05, 4.69) is 17.3 Å². The van der Waals surface area contributed by atoms with E-state index in [0.29, 0.717) is 17.2 Å². The molecule has 2 aromatic rings. The number of amides is 1. The average Bonchev–Trinajstić information content (AvgIpc) is 2.64. The number of nitrogens with zero attached hydrogens (tertiary/aromatic N) is 1. The summed E-state index contributed by atoms with van der Waals surface area (Å²) in [7, 11) is 3.71. The third kappa shape index (κ3) is 4.51. The van der Waals surface area contributed by atoms with Crippen LogP contribution in [0.5, 0.6) is 17.2 Å². The molecule has 3 rings (SSSR count). The van der Waals surface area contributed by atoms with Crippen molar-refractivity contribution in [1.29, 1.82) is 0 Å². The van der Waals surface area contributed by atoms with Crippen molar-refractivity contribution in [3.05, 3.63) is 48.5 Å². The summed E-state index contributed by atoms with van der Waals surface area (Å²) in [5.41, 5.74) is 0.689. The predicted octanol–water partition coefficient (Wildman–Crippen LogP) is 3.77. The van der Waals surface area contributed by atoms with Crippen LogP contribution in [0.2, 0.25) is 0 Å². The lowest BCUT2D eigenvalue weighted by Crippen LogP contribution is -2.35. The zero-order chi connectivity index (χ0) is 17.6. The Labute approximate surface area is 148 Å². The molecule has 132 valence electrons. The van der Waals surface area contributed by atoms with E-state index >= 15 is 0 Å². The molecule has 0 spiro atoms. The maximum Gasteiger partial charge on any atom is 0.227 e. The first-order valence-corrected chi connectivity index (χ1v) is 8.56. The van der Waals surface area contributed by atoms with E-state index < -0.39 is 0 Å². The Bertz CT molecular complexity index is 724. The van der Waals surface area contributed by atoms with Crippen molar-refractivity contribution < 1.29 is 14.3 Å². The first kappa shape index (κ1) is 17.3. The number of para-hydroxylation sites is 2. The van der Waals surface area contributed by atoms with Crippen LogP contribution < -0.4 is 14.8 Å². The second-order valence-corrected chi connectivity index (χ2v) is 6.34. The van der Waals surface area contributed by atoms with Crippen molar-refractivity contribution in [2.45, 2.75) is 12.8 Å². The molecule has 0 aliphatic carbocycles. The number of hydrogen-bond acceptors (Lipinski definition) is 4. The number of carbonyl (C=O) groups is 1. The smallest absolute Gasteiger partial charge is 0.227 e. The molecule has 1 N–H and O–H groups in total. The lowest BCUT2D eigenvalue weighted by molar-refractivity contribution is -0.121. The van der Waals surface area contributed by atoms with E-state index in [1.165, 1.54) is 0 Å². The fourth-order valence-electron chi connectivity index (χ4n) is 2.96. The SMILES string of the molecule is COc1cccc(Oc2ccccc2NC(=O)C2CCN(C)CC2)c1. The van der Waals surface area contributed by atoms with Gasteiger partial charge in [-0.05, 0) is 57.2 Å². The molecule has 0 radical (unpaired) electrons. The minimum Gasteiger partial charge on any atom is -0.497 e. The van der Waals surface area contributed by atoms with Crippen molar-refractivity contribution >= 4 is 11.6 Å². The quantitative estimate of drug-likeness (QED) is 0.900. The molecule has 1 aliphatic heterocycles. The molecular weight excluding hydrogens is 316 g/mol. The lowest BCUT2D eigenvalue weighted by Gasteiger charge is -2.28. The first-order chi connectivity index (χ1) is 12.2. The zero-order valence-corrected chi connectivity index (χ0v) is 14.7. The third-order valence-electron chi connectivity index (χ3n) is 4.50. The molecule has 5 nitrogen and oxygen atoms in total. The molecule has 0 atom stereocenters. The number of methoxy groups -OCH3 is 1. The van der Waals surface area contributed by atoms with E-state index in [1.807, 2.05) is 48.5 Å². The van der Waals surface area contributed by atoms with Crippen LogP contribution >= 0.6 is 0 Å². The maximum atomic E-state index is 12.6. The van der Waals surface area contributed by atoms with Gasteiger partial charge in [0.1, 0.15) is 11.5 Å². The Morgan fingerprint density at radius 2 is 1.80 bits per heavy atom. The van der Waals surface area contributed by atoms with Gasteiger partial charge in [-0.2, -0.15) is 0 Å². The fraction of sp³-hybridized carbons (Fsp3) is 0.350. The summed E-state index contributed by atoms with van der Waals surface area (Å²) in [5.74, 6) is 2.14. The standard InChI is InChI=1S/C20H24N2O3/c1-22-12-10-15(11-13-22)20(23)21-18-8-3-4-9-19(18)25-17-7-5-6-16(14-17)24-2/h3-9,14-15H,10-13H2,1-2H3,(H,21,23). The molecule has 0 saturated carbocycles. The number of hydrogen-bond donors (Lipinski definition) is 1. The number of carbonyl (C=O) groups excluding carboxylic acids is 1. The second-order valence-electron chi connectivity index (χ2n) is 6.34. The van der Waals surface area contributed by atoms with Gasteiger partial charge in [0.15, 0.2) is 5.75 Å². The molecule has 5 heteroatoms. The fourth-order valence-corrected chi connectivity index (χ4v) is 2.96. The Kier molecular flexibility index (Phi) is 5.56. The van der Waals surface area contributed by atoms with Gasteiger partial charge in [0.05, 0.1) is 12.8 Å². The highest BCUT2D eigenvalue weighted by atomic mass is 16.5. The molecule has 1 saturated heterocycles. The lowest BCUT2D eigenvalue weighted by atomic mass is 9.96. The van der Waals surface area contributed by atoms with Crippen LogP contribution in [0.25, 0.3) is 0 Å². The van der Waals surface area contributed by atoms with Gasteiger partial charge in [0.2, 0.25) is 5.91 Å². The largest absolute Gasteiger partial charge is 0.497 e. The van der Waals surface area contributed by atoms with Crippen LogP contribution in [-0.4, -0.2) is 38.1 Å². The number of anilines is 1. The summed E-state index contributed by atoms with van der Waals surface area (Å²) in [6.07, 6.45) is 1.78. The van der Waals surface area contributed by atoms with Crippen molar-refractivity contribution in [1.82, 2.24) is 4.90 Å². The summed E-state index contributed by atoms with van der Waals surface area (Å²) in [6.45, 7) is 1.92. The molecule has 1 aliphatic rings. The Morgan fingerprint density at radius 1 is 1.08 bits per heavy atom. The molecule has 2 aromatic carbocycles. The number of likely N-dealkylation sites (tertiary alicyclic amines) is 1. The van der Waals surface area contributed by atoms with Crippen molar-refractivity contribution in [3.8, 4) is 17.2 Å². The summed E-state index contributed by atoms with van der Waals surface area (Å²) in [4.78, 5) is 14.8. The second kappa shape index (κ2) is 8.03. The van der Waals surface area contributed by atoms with Crippen LogP contribution in [0.15, 0.2) is 48.5 Å². The highest BCUT2D eigenvalue weighted by Crippen LogP contribution is 2.31. The molecule has 0 bridgehead atoms. The van der Waals surface area contributed by atoms with E-state index in [-0.39, 0.29) is 11.8 Å². The van der Waals surface area contributed by atoms with Crippen LogP contribution in [0.1, 0.15) is 12.8 Å². The van der Waals surface area contributed by atoms with E-state index in [1.54, 1.807) is 7.11 Å². The van der Waals surface area contributed by atoms with Crippen LogP contribution in [0.3, 0.4) is 0 Å². The molecule has 1 amide bonds. The molecule has 0 unspecified atom stereocenters. The predicted molar refractivity (Wildman–Crippen MR) is 98.4 cm³/mol. The molecule has 25 heavy (non-hydrogen) atoms. The topological polar surface area (TPSA) is 50.8 Å². The number of ether oxygens (including phenoxy) is 2. The normalized spacial score (nSPS) is 15.6. The van der Waals surface area contributed by atoms with Crippen LogP contribution in [0.4, 0.5) is 5.69 Å². The van der Waals surface area contributed by atoms with E-state index in [4.69, 9.17) is 9.47 Å². The highest BCUT2D eigenvalue weighted by molar-refractivity contribution is 5.94. The minimum absolute atomic E-state index is 0.0566. The van der Waals surface area contributed by atoms with Gasteiger partial charge in [-0.3, -0.25) is 4.79 Å². The Hall–Kier alpha value is -2.53. The summed E-state index contributed by atoms with van der Waals surface area (Å²) >= 11 is 0. The molecule has 1 heterocycles. The summed E-state index contributed by atoms with van der Waals surface area (Å²) in [6, 6.07) is 14.9. The zero-order valence-electron chi connectivity index (χ0n) is 14.7. The molecule has 1 fully saturated rings.